The number of amides is 1. The molecular formula is C13H15Cl2NO2. The number of nitrogens with one attached hydrogen (secondary N) is 1. The van der Waals surface area contributed by atoms with Gasteiger partial charge in [-0.1, -0.05) is 42.1 Å². The first-order valence-electron chi connectivity index (χ1n) is 6.03. The van der Waals surface area contributed by atoms with Crippen LogP contribution in [0.25, 0.3) is 0 Å². The second kappa shape index (κ2) is 6.30. The van der Waals surface area contributed by atoms with Crippen LogP contribution in [0.1, 0.15) is 25.7 Å². The summed E-state index contributed by atoms with van der Waals surface area (Å²) in [7, 11) is 0. The number of benzene rings is 1. The highest BCUT2D eigenvalue weighted by Gasteiger charge is 2.17. The smallest absolute Gasteiger partial charge is 0.258 e. The quantitative estimate of drug-likeness (QED) is 0.921. The molecule has 0 spiro atoms. The number of carbonyl (C=O) groups is 1. The fraction of sp³-hybridized carbons (Fsp3) is 0.462. The molecule has 1 aromatic rings. The molecule has 0 radical (unpaired) electrons. The van der Waals surface area contributed by atoms with Crippen molar-refractivity contribution >= 4 is 29.1 Å². The zero-order chi connectivity index (χ0) is 13.0. The fourth-order valence-corrected chi connectivity index (χ4v) is 2.42. The molecule has 1 amide bonds. The molecule has 18 heavy (non-hydrogen) atoms. The predicted octanol–water partition coefficient (Wildman–Crippen LogP) is 3.43. The van der Waals surface area contributed by atoms with Crippen molar-refractivity contribution < 1.29 is 9.53 Å². The molecule has 1 aliphatic rings. The van der Waals surface area contributed by atoms with Gasteiger partial charge in [-0.15, -0.1) is 0 Å². The van der Waals surface area contributed by atoms with Crippen molar-refractivity contribution in [3.05, 3.63) is 28.2 Å². The summed E-state index contributed by atoms with van der Waals surface area (Å²) in [6, 6.07) is 5.40. The van der Waals surface area contributed by atoms with Crippen molar-refractivity contribution in [2.75, 3.05) is 6.61 Å². The van der Waals surface area contributed by atoms with Gasteiger partial charge in [-0.2, -0.15) is 0 Å². The van der Waals surface area contributed by atoms with E-state index in [2.05, 4.69) is 5.32 Å². The van der Waals surface area contributed by atoms with Crippen LogP contribution in [-0.2, 0) is 4.79 Å². The first kappa shape index (κ1) is 13.5. The van der Waals surface area contributed by atoms with Crippen LogP contribution >= 0.6 is 23.2 Å². The molecule has 3 nitrogen and oxygen atoms in total. The van der Waals surface area contributed by atoms with E-state index in [1.165, 1.54) is 12.8 Å². The van der Waals surface area contributed by atoms with Crippen LogP contribution in [-0.4, -0.2) is 18.6 Å². The summed E-state index contributed by atoms with van der Waals surface area (Å²) >= 11 is 11.8. The lowest BCUT2D eigenvalue weighted by Crippen LogP contribution is -2.36. The fourth-order valence-electron chi connectivity index (χ4n) is 2.08. The Hall–Kier alpha value is -0.930. The van der Waals surface area contributed by atoms with E-state index in [1.54, 1.807) is 18.2 Å². The topological polar surface area (TPSA) is 38.3 Å². The maximum absolute atomic E-state index is 11.7. The lowest BCUT2D eigenvalue weighted by molar-refractivity contribution is -0.123. The summed E-state index contributed by atoms with van der Waals surface area (Å²) in [5.74, 6) is 0.323. The molecule has 1 aromatic carbocycles. The Bertz CT molecular complexity index is 431. The lowest BCUT2D eigenvalue weighted by Gasteiger charge is -2.13. The Kier molecular flexibility index (Phi) is 4.72. The number of hydrogen-bond donors (Lipinski definition) is 1. The third kappa shape index (κ3) is 3.53. The van der Waals surface area contributed by atoms with Crippen LogP contribution in [0.2, 0.25) is 10.0 Å². The van der Waals surface area contributed by atoms with E-state index in [4.69, 9.17) is 27.9 Å². The molecule has 0 aliphatic heterocycles. The highest BCUT2D eigenvalue weighted by Crippen LogP contribution is 2.31. The maximum atomic E-state index is 11.7. The second-order valence-electron chi connectivity index (χ2n) is 4.39. The standard InChI is InChI=1S/C13H15Cl2NO2/c14-10-6-3-7-11(13(10)15)18-8-12(17)16-9-4-1-2-5-9/h3,6-7,9H,1-2,4-5,8H2,(H,16,17). The Morgan fingerprint density at radius 3 is 2.78 bits per heavy atom. The average Bonchev–Trinajstić information content (AvgIpc) is 2.84. The van der Waals surface area contributed by atoms with Gasteiger partial charge in [0.25, 0.3) is 5.91 Å². The van der Waals surface area contributed by atoms with Crippen molar-refractivity contribution in [2.45, 2.75) is 31.7 Å². The molecule has 2 rings (SSSR count). The Balaban J connectivity index is 1.83. The number of ether oxygens (including phenoxy) is 1. The van der Waals surface area contributed by atoms with Gasteiger partial charge in [-0.3, -0.25) is 4.79 Å². The Morgan fingerprint density at radius 2 is 2.06 bits per heavy atom. The Morgan fingerprint density at radius 1 is 1.33 bits per heavy atom. The van der Waals surface area contributed by atoms with Crippen molar-refractivity contribution in [2.24, 2.45) is 0 Å². The second-order valence-corrected chi connectivity index (χ2v) is 5.17. The third-order valence-electron chi connectivity index (χ3n) is 3.00. The zero-order valence-electron chi connectivity index (χ0n) is 9.92. The highest BCUT2D eigenvalue weighted by atomic mass is 35.5. The van der Waals surface area contributed by atoms with Crippen LogP contribution < -0.4 is 10.1 Å². The third-order valence-corrected chi connectivity index (χ3v) is 3.80. The molecule has 1 fully saturated rings. The van der Waals surface area contributed by atoms with Crippen LogP contribution in [0, 0.1) is 0 Å². The normalized spacial score (nSPS) is 15.7. The minimum Gasteiger partial charge on any atom is -0.482 e. The summed E-state index contributed by atoms with van der Waals surface area (Å²) in [5.41, 5.74) is 0. The number of halogens is 2. The molecule has 0 atom stereocenters. The van der Waals surface area contributed by atoms with Crippen molar-refractivity contribution in [3.8, 4) is 5.75 Å². The van der Waals surface area contributed by atoms with Gasteiger partial charge in [0.15, 0.2) is 6.61 Å². The molecule has 1 N–H and O–H groups in total. The van der Waals surface area contributed by atoms with Gasteiger partial charge >= 0.3 is 0 Å². The molecule has 1 aliphatic carbocycles. The molecular weight excluding hydrogens is 273 g/mol. The van der Waals surface area contributed by atoms with Crippen molar-refractivity contribution in [3.63, 3.8) is 0 Å². The van der Waals surface area contributed by atoms with Gasteiger partial charge in [-0.05, 0) is 25.0 Å². The summed E-state index contributed by atoms with van der Waals surface area (Å²) < 4.78 is 5.36. The molecule has 0 bridgehead atoms. The molecule has 0 aromatic heterocycles. The van der Waals surface area contributed by atoms with E-state index in [0.29, 0.717) is 21.8 Å². The van der Waals surface area contributed by atoms with Gasteiger partial charge in [0.05, 0.1) is 5.02 Å². The van der Waals surface area contributed by atoms with Crippen molar-refractivity contribution in [1.29, 1.82) is 0 Å². The van der Waals surface area contributed by atoms with E-state index in [9.17, 15) is 4.79 Å². The minimum atomic E-state index is -0.113. The summed E-state index contributed by atoms with van der Waals surface area (Å²) in [6.07, 6.45) is 4.49. The van der Waals surface area contributed by atoms with Crippen molar-refractivity contribution in [1.82, 2.24) is 5.32 Å². The zero-order valence-corrected chi connectivity index (χ0v) is 11.4. The largest absolute Gasteiger partial charge is 0.482 e. The van der Waals surface area contributed by atoms with Gasteiger partial charge in [0, 0.05) is 6.04 Å². The van der Waals surface area contributed by atoms with Crippen LogP contribution in [0.3, 0.4) is 0 Å². The molecule has 0 unspecified atom stereocenters. The number of hydrogen-bond acceptors (Lipinski definition) is 2. The van der Waals surface area contributed by atoms with E-state index < -0.39 is 0 Å². The maximum Gasteiger partial charge on any atom is 0.258 e. The number of carbonyl (C=O) groups excluding carboxylic acids is 1. The minimum absolute atomic E-state index is 0.0312. The Labute approximate surface area is 116 Å². The molecule has 98 valence electrons. The molecule has 0 saturated heterocycles. The molecule has 5 heteroatoms. The van der Waals surface area contributed by atoms with Crippen LogP contribution in [0.4, 0.5) is 0 Å². The van der Waals surface area contributed by atoms with Crippen LogP contribution in [0.5, 0.6) is 5.75 Å². The summed E-state index contributed by atoms with van der Waals surface area (Å²) in [6.45, 7) is -0.0312. The molecule has 1 saturated carbocycles. The van der Waals surface area contributed by atoms with Gasteiger partial charge in [0.2, 0.25) is 0 Å². The number of rotatable bonds is 4. The highest BCUT2D eigenvalue weighted by molar-refractivity contribution is 6.42. The van der Waals surface area contributed by atoms with Gasteiger partial charge in [-0.25, -0.2) is 0 Å². The SMILES string of the molecule is O=C(COc1cccc(Cl)c1Cl)NC1CCCC1. The van der Waals surface area contributed by atoms with E-state index in [-0.39, 0.29) is 12.5 Å². The van der Waals surface area contributed by atoms with Crippen LogP contribution in [0.15, 0.2) is 18.2 Å². The predicted molar refractivity (Wildman–Crippen MR) is 72.4 cm³/mol. The van der Waals surface area contributed by atoms with Gasteiger partial charge in [0.1, 0.15) is 10.8 Å². The monoisotopic (exact) mass is 287 g/mol. The first-order chi connectivity index (χ1) is 8.66. The summed E-state index contributed by atoms with van der Waals surface area (Å²) in [4.78, 5) is 11.7. The van der Waals surface area contributed by atoms with E-state index >= 15 is 0 Å². The molecule has 0 heterocycles. The van der Waals surface area contributed by atoms with E-state index in [0.717, 1.165) is 12.8 Å². The average molecular weight is 288 g/mol. The summed E-state index contributed by atoms with van der Waals surface area (Å²) in [5, 5.41) is 3.71. The lowest BCUT2D eigenvalue weighted by atomic mass is 10.2. The first-order valence-corrected chi connectivity index (χ1v) is 6.78. The van der Waals surface area contributed by atoms with Gasteiger partial charge < -0.3 is 10.1 Å². The van der Waals surface area contributed by atoms with E-state index in [1.807, 2.05) is 0 Å².